The minimum Gasteiger partial charge on any atom is -0.369 e. The van der Waals surface area contributed by atoms with E-state index in [0.29, 0.717) is 11.7 Å². The van der Waals surface area contributed by atoms with Crippen molar-refractivity contribution in [3.05, 3.63) is 24.7 Å². The summed E-state index contributed by atoms with van der Waals surface area (Å²) in [7, 11) is 0. The van der Waals surface area contributed by atoms with Crippen molar-refractivity contribution in [2.75, 3.05) is 37.6 Å². The Hall–Kier alpha value is -2.28. The number of aromatic nitrogens is 3. The first-order valence-corrected chi connectivity index (χ1v) is 11.1. The molecular formula is C22H32N6O. The first-order chi connectivity index (χ1) is 14.2. The van der Waals surface area contributed by atoms with Crippen LogP contribution in [-0.4, -0.2) is 64.5 Å². The first-order valence-electron chi connectivity index (χ1n) is 11.1. The minimum absolute atomic E-state index is 0.0321. The van der Waals surface area contributed by atoms with Crippen LogP contribution in [0.4, 0.5) is 5.69 Å². The average Bonchev–Trinajstić information content (AvgIpc) is 2.79. The Morgan fingerprint density at radius 2 is 2.03 bits per heavy atom. The molecule has 0 bridgehead atoms. The fraction of sp³-hybridized carbons (Fsp3) is 0.636. The van der Waals surface area contributed by atoms with Crippen molar-refractivity contribution in [2.45, 2.75) is 51.5 Å². The molecule has 2 saturated heterocycles. The SMILES string of the molecule is CC[C@@H]1CCCCN1CCNC(=O)[C@H]1CCCN(c2cnc3nccnc3c2)C1. The van der Waals surface area contributed by atoms with E-state index in [4.69, 9.17) is 0 Å². The predicted octanol–water partition coefficient (Wildman–Crippen LogP) is 2.62. The lowest BCUT2D eigenvalue weighted by Crippen LogP contribution is -2.47. The lowest BCUT2D eigenvalue weighted by Gasteiger charge is -2.36. The fourth-order valence-corrected chi connectivity index (χ4v) is 4.73. The van der Waals surface area contributed by atoms with Crippen LogP contribution in [-0.2, 0) is 4.79 Å². The summed E-state index contributed by atoms with van der Waals surface area (Å²) in [6, 6.07) is 2.71. The molecule has 2 aliphatic heterocycles. The maximum Gasteiger partial charge on any atom is 0.224 e. The molecule has 0 aliphatic carbocycles. The van der Waals surface area contributed by atoms with Gasteiger partial charge in [0.2, 0.25) is 5.91 Å². The molecule has 1 amide bonds. The second-order valence-electron chi connectivity index (χ2n) is 8.26. The third-order valence-electron chi connectivity index (χ3n) is 6.39. The van der Waals surface area contributed by atoms with Gasteiger partial charge in [-0.05, 0) is 44.7 Å². The molecule has 0 aromatic carbocycles. The molecule has 2 fully saturated rings. The van der Waals surface area contributed by atoms with Gasteiger partial charge in [-0.15, -0.1) is 0 Å². The molecule has 2 atom stereocenters. The lowest BCUT2D eigenvalue weighted by molar-refractivity contribution is -0.125. The highest BCUT2D eigenvalue weighted by Gasteiger charge is 2.27. The van der Waals surface area contributed by atoms with Gasteiger partial charge in [0.1, 0.15) is 5.52 Å². The molecule has 7 nitrogen and oxygen atoms in total. The van der Waals surface area contributed by atoms with Gasteiger partial charge >= 0.3 is 0 Å². The number of hydrogen-bond donors (Lipinski definition) is 1. The number of hydrogen-bond acceptors (Lipinski definition) is 6. The van der Waals surface area contributed by atoms with Gasteiger partial charge in [0.05, 0.1) is 17.8 Å². The summed E-state index contributed by atoms with van der Waals surface area (Å²) in [5.41, 5.74) is 2.48. The Morgan fingerprint density at radius 1 is 1.14 bits per heavy atom. The van der Waals surface area contributed by atoms with Crippen LogP contribution in [0, 0.1) is 5.92 Å². The number of rotatable bonds is 6. The van der Waals surface area contributed by atoms with Crippen molar-refractivity contribution >= 4 is 22.8 Å². The normalized spacial score (nSPS) is 23.3. The number of carbonyl (C=O) groups excluding carboxylic acids is 1. The van der Waals surface area contributed by atoms with Crippen LogP contribution < -0.4 is 10.2 Å². The van der Waals surface area contributed by atoms with E-state index in [1.54, 1.807) is 12.4 Å². The summed E-state index contributed by atoms with van der Waals surface area (Å²) >= 11 is 0. The van der Waals surface area contributed by atoms with Gasteiger partial charge in [-0.1, -0.05) is 13.3 Å². The van der Waals surface area contributed by atoms with Crippen LogP contribution in [0.1, 0.15) is 45.4 Å². The largest absolute Gasteiger partial charge is 0.369 e. The second kappa shape index (κ2) is 9.48. The average molecular weight is 397 g/mol. The van der Waals surface area contributed by atoms with E-state index in [-0.39, 0.29) is 11.8 Å². The van der Waals surface area contributed by atoms with E-state index in [2.05, 4.69) is 37.0 Å². The maximum atomic E-state index is 12.8. The van der Waals surface area contributed by atoms with E-state index < -0.39 is 0 Å². The van der Waals surface area contributed by atoms with Crippen LogP contribution in [0.25, 0.3) is 11.2 Å². The van der Waals surface area contributed by atoms with Gasteiger partial charge in [0.25, 0.3) is 0 Å². The van der Waals surface area contributed by atoms with Gasteiger partial charge in [0.15, 0.2) is 5.65 Å². The third-order valence-corrected chi connectivity index (χ3v) is 6.39. The minimum atomic E-state index is 0.0321. The number of amides is 1. The molecule has 4 rings (SSSR count). The number of likely N-dealkylation sites (tertiary alicyclic amines) is 1. The number of nitrogens with zero attached hydrogens (tertiary/aromatic N) is 5. The Morgan fingerprint density at radius 3 is 2.93 bits per heavy atom. The molecule has 0 unspecified atom stereocenters. The summed E-state index contributed by atoms with van der Waals surface area (Å²) in [6.07, 6.45) is 12.3. The highest BCUT2D eigenvalue weighted by Crippen LogP contribution is 2.24. The fourth-order valence-electron chi connectivity index (χ4n) is 4.73. The Bertz CT molecular complexity index is 828. The van der Waals surface area contributed by atoms with Gasteiger partial charge in [-0.3, -0.25) is 14.7 Å². The lowest BCUT2D eigenvalue weighted by atomic mass is 9.96. The van der Waals surface area contributed by atoms with Crippen molar-refractivity contribution in [1.29, 1.82) is 0 Å². The van der Waals surface area contributed by atoms with Crippen molar-refractivity contribution < 1.29 is 4.79 Å². The second-order valence-corrected chi connectivity index (χ2v) is 8.26. The monoisotopic (exact) mass is 396 g/mol. The zero-order valence-corrected chi connectivity index (χ0v) is 17.4. The number of carbonyl (C=O) groups is 1. The van der Waals surface area contributed by atoms with E-state index in [9.17, 15) is 4.79 Å². The van der Waals surface area contributed by atoms with Crippen LogP contribution in [0.5, 0.6) is 0 Å². The molecule has 2 aliphatic rings. The maximum absolute atomic E-state index is 12.8. The van der Waals surface area contributed by atoms with Crippen molar-refractivity contribution in [2.24, 2.45) is 5.92 Å². The van der Waals surface area contributed by atoms with E-state index >= 15 is 0 Å². The van der Waals surface area contributed by atoms with Crippen LogP contribution >= 0.6 is 0 Å². The van der Waals surface area contributed by atoms with Gasteiger partial charge in [-0.2, -0.15) is 0 Å². The quantitative estimate of drug-likeness (QED) is 0.809. The molecule has 29 heavy (non-hydrogen) atoms. The van der Waals surface area contributed by atoms with Crippen molar-refractivity contribution in [1.82, 2.24) is 25.2 Å². The van der Waals surface area contributed by atoms with Crippen LogP contribution in [0.15, 0.2) is 24.7 Å². The number of pyridine rings is 1. The summed E-state index contributed by atoms with van der Waals surface area (Å²) in [5, 5.41) is 3.20. The molecule has 7 heteroatoms. The van der Waals surface area contributed by atoms with E-state index in [1.165, 1.54) is 32.2 Å². The molecule has 2 aromatic heterocycles. The van der Waals surface area contributed by atoms with Crippen LogP contribution in [0.2, 0.25) is 0 Å². The number of fused-ring (bicyclic) bond motifs is 1. The predicted molar refractivity (Wildman–Crippen MR) is 115 cm³/mol. The molecular weight excluding hydrogens is 364 g/mol. The van der Waals surface area contributed by atoms with Crippen molar-refractivity contribution in [3.8, 4) is 0 Å². The molecule has 2 aromatic rings. The van der Waals surface area contributed by atoms with E-state index in [0.717, 1.165) is 50.2 Å². The highest BCUT2D eigenvalue weighted by atomic mass is 16.1. The third kappa shape index (κ3) is 4.83. The van der Waals surface area contributed by atoms with Gasteiger partial charge < -0.3 is 10.2 Å². The number of nitrogens with one attached hydrogen (secondary N) is 1. The van der Waals surface area contributed by atoms with Crippen LogP contribution in [0.3, 0.4) is 0 Å². The summed E-state index contributed by atoms with van der Waals surface area (Å²) < 4.78 is 0. The zero-order valence-electron chi connectivity index (χ0n) is 17.4. The summed E-state index contributed by atoms with van der Waals surface area (Å²) in [5.74, 6) is 0.220. The number of piperidine rings is 2. The Labute approximate surface area is 172 Å². The van der Waals surface area contributed by atoms with Gasteiger partial charge in [0, 0.05) is 44.6 Å². The van der Waals surface area contributed by atoms with Gasteiger partial charge in [-0.25, -0.2) is 9.97 Å². The topological polar surface area (TPSA) is 74.2 Å². The Balaban J connectivity index is 1.31. The zero-order chi connectivity index (χ0) is 20.1. The standard InChI is InChI=1S/C22H32N6O/c1-2-18-7-3-4-11-27(18)13-10-25-22(29)17-6-5-12-28(16-17)19-14-20-21(26-15-19)24-9-8-23-20/h8-9,14-15,17-18H,2-7,10-13,16H2,1H3,(H,25,29)/t17-,18+/m0/s1. The number of anilines is 1. The van der Waals surface area contributed by atoms with Crippen molar-refractivity contribution in [3.63, 3.8) is 0 Å². The highest BCUT2D eigenvalue weighted by molar-refractivity contribution is 5.80. The molecule has 1 N–H and O–H groups in total. The Kier molecular flexibility index (Phi) is 6.54. The molecule has 0 saturated carbocycles. The summed E-state index contributed by atoms with van der Waals surface area (Å²) in [6.45, 7) is 6.84. The van der Waals surface area contributed by atoms with E-state index in [1.807, 2.05) is 12.3 Å². The smallest absolute Gasteiger partial charge is 0.224 e. The molecule has 4 heterocycles. The molecule has 0 spiro atoms. The molecule has 156 valence electrons. The summed E-state index contributed by atoms with van der Waals surface area (Å²) in [4.78, 5) is 30.6. The first kappa shape index (κ1) is 20.0. The molecule has 0 radical (unpaired) electrons.